The molecule has 2 heterocycles. The number of rotatable bonds is 6. The molecule has 0 aliphatic carbocycles. The summed E-state index contributed by atoms with van der Waals surface area (Å²) in [5, 5.41) is 12.1. The third-order valence-electron chi connectivity index (χ3n) is 6.16. The summed E-state index contributed by atoms with van der Waals surface area (Å²) < 4.78 is 7.37. The Morgan fingerprint density at radius 3 is 2.47 bits per heavy atom. The predicted molar refractivity (Wildman–Crippen MR) is 145 cm³/mol. The molecule has 2 N–H and O–H groups in total. The number of aromatic carboxylic acids is 1. The number of benzene rings is 3. The smallest absolute Gasteiger partial charge is 0.335 e. The lowest BCUT2D eigenvalue weighted by atomic mass is 9.95. The normalized spacial score (nSPS) is 15.0. The van der Waals surface area contributed by atoms with Crippen LogP contribution in [0.3, 0.4) is 0 Å². The third kappa shape index (κ3) is 4.79. The summed E-state index contributed by atoms with van der Waals surface area (Å²) >= 11 is 1.21. The molecule has 1 aliphatic heterocycles. The summed E-state index contributed by atoms with van der Waals surface area (Å²) in [5.41, 5.74) is 2.72. The minimum absolute atomic E-state index is 0.159. The van der Waals surface area contributed by atoms with Gasteiger partial charge in [0.15, 0.2) is 4.80 Å². The Balaban J connectivity index is 1.66. The number of anilines is 1. The van der Waals surface area contributed by atoms with Gasteiger partial charge in [-0.3, -0.25) is 14.2 Å². The number of methoxy groups -OCH3 is 1. The lowest BCUT2D eigenvalue weighted by Crippen LogP contribution is -2.40. The average molecular weight is 526 g/mol. The van der Waals surface area contributed by atoms with E-state index in [9.17, 15) is 14.4 Å². The van der Waals surface area contributed by atoms with E-state index < -0.39 is 12.0 Å². The van der Waals surface area contributed by atoms with Crippen LogP contribution in [0.5, 0.6) is 5.75 Å². The first kappa shape index (κ1) is 24.9. The van der Waals surface area contributed by atoms with E-state index in [-0.39, 0.29) is 17.0 Å². The van der Waals surface area contributed by atoms with Crippen LogP contribution in [0.1, 0.15) is 34.5 Å². The summed E-state index contributed by atoms with van der Waals surface area (Å²) in [5.74, 6) is -0.782. The van der Waals surface area contributed by atoms with Crippen LogP contribution in [0.25, 0.3) is 6.08 Å². The zero-order valence-corrected chi connectivity index (χ0v) is 21.4. The van der Waals surface area contributed by atoms with E-state index in [2.05, 4.69) is 10.3 Å². The number of carboxylic acid groups (broad SMARTS) is 1. The molecule has 1 amide bonds. The van der Waals surface area contributed by atoms with Gasteiger partial charge in [-0.2, -0.15) is 0 Å². The number of fused-ring (bicyclic) bond motifs is 1. The highest BCUT2D eigenvalue weighted by Crippen LogP contribution is 2.32. The molecule has 8 nitrogen and oxygen atoms in total. The van der Waals surface area contributed by atoms with Crippen molar-refractivity contribution in [2.75, 3.05) is 12.4 Å². The lowest BCUT2D eigenvalue weighted by molar-refractivity contribution is -0.113. The van der Waals surface area contributed by atoms with Gasteiger partial charge in [-0.05, 0) is 60.5 Å². The first-order valence-corrected chi connectivity index (χ1v) is 12.5. The summed E-state index contributed by atoms with van der Waals surface area (Å²) in [6.45, 7) is 1.76. The highest BCUT2D eigenvalue weighted by atomic mass is 32.1. The molecule has 1 aliphatic rings. The minimum Gasteiger partial charge on any atom is -0.497 e. The lowest BCUT2D eigenvalue weighted by Gasteiger charge is -2.25. The fourth-order valence-electron chi connectivity index (χ4n) is 4.33. The predicted octanol–water partition coefficient (Wildman–Crippen LogP) is 3.58. The highest BCUT2D eigenvalue weighted by molar-refractivity contribution is 7.07. The molecule has 3 aromatic carbocycles. The van der Waals surface area contributed by atoms with Crippen molar-refractivity contribution in [2.24, 2.45) is 4.99 Å². The number of para-hydroxylation sites is 1. The number of nitrogens with one attached hydrogen (secondary N) is 1. The van der Waals surface area contributed by atoms with Gasteiger partial charge >= 0.3 is 5.97 Å². The Labute approximate surface area is 221 Å². The number of ether oxygens (including phenoxy) is 1. The fraction of sp³-hybridized carbons (Fsp3) is 0.103. The van der Waals surface area contributed by atoms with Crippen molar-refractivity contribution in [1.29, 1.82) is 0 Å². The number of amides is 1. The van der Waals surface area contributed by atoms with Gasteiger partial charge in [0, 0.05) is 5.69 Å². The molecule has 1 atom stereocenters. The number of carbonyl (C=O) groups excluding carboxylic acids is 1. The zero-order valence-electron chi connectivity index (χ0n) is 20.5. The van der Waals surface area contributed by atoms with Crippen LogP contribution in [-0.2, 0) is 4.79 Å². The quantitative estimate of drug-likeness (QED) is 0.400. The molecule has 190 valence electrons. The Kier molecular flexibility index (Phi) is 6.76. The van der Waals surface area contributed by atoms with Crippen molar-refractivity contribution in [3.8, 4) is 5.75 Å². The maximum atomic E-state index is 13.8. The molecule has 0 saturated heterocycles. The second kappa shape index (κ2) is 10.3. The Morgan fingerprint density at radius 2 is 1.79 bits per heavy atom. The Hall–Kier alpha value is -4.76. The van der Waals surface area contributed by atoms with E-state index in [1.165, 1.54) is 28.0 Å². The van der Waals surface area contributed by atoms with Crippen molar-refractivity contribution < 1.29 is 19.4 Å². The van der Waals surface area contributed by atoms with Crippen LogP contribution < -0.4 is 24.9 Å². The molecule has 0 spiro atoms. The number of thiazole rings is 1. The van der Waals surface area contributed by atoms with E-state index in [0.29, 0.717) is 43.2 Å². The molecule has 5 rings (SSSR count). The molecule has 1 aromatic heterocycles. The minimum atomic E-state index is -1.02. The monoisotopic (exact) mass is 525 g/mol. The number of nitrogens with zero attached hydrogens (tertiary/aromatic N) is 2. The van der Waals surface area contributed by atoms with Crippen LogP contribution in [0.4, 0.5) is 5.69 Å². The summed E-state index contributed by atoms with van der Waals surface area (Å²) in [4.78, 5) is 43.6. The molecule has 9 heteroatoms. The summed E-state index contributed by atoms with van der Waals surface area (Å²) in [7, 11) is 1.56. The second-order valence-electron chi connectivity index (χ2n) is 8.61. The highest BCUT2D eigenvalue weighted by Gasteiger charge is 2.32. The molecule has 0 bridgehead atoms. The average Bonchev–Trinajstić information content (AvgIpc) is 3.22. The maximum Gasteiger partial charge on any atom is 0.335 e. The molecular weight excluding hydrogens is 502 g/mol. The summed E-state index contributed by atoms with van der Waals surface area (Å²) in [6.07, 6.45) is 1.70. The van der Waals surface area contributed by atoms with E-state index in [4.69, 9.17) is 9.84 Å². The van der Waals surface area contributed by atoms with Crippen molar-refractivity contribution in [3.05, 3.63) is 127 Å². The van der Waals surface area contributed by atoms with Crippen LogP contribution in [0, 0.1) is 0 Å². The van der Waals surface area contributed by atoms with E-state index >= 15 is 0 Å². The van der Waals surface area contributed by atoms with Gasteiger partial charge in [0.25, 0.3) is 11.5 Å². The van der Waals surface area contributed by atoms with Gasteiger partial charge in [-0.1, -0.05) is 53.8 Å². The largest absolute Gasteiger partial charge is 0.497 e. The number of carbonyl (C=O) groups is 2. The third-order valence-corrected chi connectivity index (χ3v) is 7.15. The maximum absolute atomic E-state index is 13.8. The molecule has 0 fully saturated rings. The topological polar surface area (TPSA) is 110 Å². The molecular formula is C29H23N3O5S. The van der Waals surface area contributed by atoms with Crippen molar-refractivity contribution in [1.82, 2.24) is 4.57 Å². The number of carboxylic acids is 1. The molecule has 38 heavy (non-hydrogen) atoms. The molecule has 0 radical (unpaired) electrons. The number of aromatic nitrogens is 1. The molecule has 4 aromatic rings. The van der Waals surface area contributed by atoms with Crippen LogP contribution in [-0.4, -0.2) is 28.7 Å². The number of hydrogen-bond acceptors (Lipinski definition) is 6. The van der Waals surface area contributed by atoms with Gasteiger partial charge in [-0.25, -0.2) is 9.79 Å². The van der Waals surface area contributed by atoms with Gasteiger partial charge in [0.1, 0.15) is 5.75 Å². The summed E-state index contributed by atoms with van der Waals surface area (Å²) in [6, 6.07) is 21.9. The molecule has 0 unspecified atom stereocenters. The Bertz CT molecular complexity index is 1750. The number of hydrogen-bond donors (Lipinski definition) is 2. The van der Waals surface area contributed by atoms with Gasteiger partial charge in [0.05, 0.1) is 34.5 Å². The van der Waals surface area contributed by atoms with Crippen LogP contribution in [0.2, 0.25) is 0 Å². The standard InChI is InChI=1S/C29H23N3O5S/c1-17-24(26(33)31-21-8-4-3-5-9-21)25(20-7-6-10-22(16-20)37-2)32-27(34)23(38-29(32)30-17)15-18-11-13-19(14-12-18)28(35)36/h3-16,25H,1-2H3,(H,31,33)(H,35,36)/b23-15-/t25-/m0/s1. The van der Waals surface area contributed by atoms with Gasteiger partial charge < -0.3 is 15.2 Å². The zero-order chi connectivity index (χ0) is 26.8. The van der Waals surface area contributed by atoms with Gasteiger partial charge in [-0.15, -0.1) is 0 Å². The van der Waals surface area contributed by atoms with Crippen LogP contribution >= 0.6 is 11.3 Å². The SMILES string of the molecule is COc1cccc([C@H]2C(C(=O)Nc3ccccc3)=C(C)N=c3s/c(=C\c4ccc(C(=O)O)cc4)c(=O)n32)c1. The van der Waals surface area contributed by atoms with Crippen molar-refractivity contribution in [2.45, 2.75) is 13.0 Å². The Morgan fingerprint density at radius 1 is 1.05 bits per heavy atom. The van der Waals surface area contributed by atoms with E-state index in [0.717, 1.165) is 0 Å². The van der Waals surface area contributed by atoms with E-state index in [1.54, 1.807) is 56.5 Å². The van der Waals surface area contributed by atoms with Crippen LogP contribution in [0.15, 0.2) is 99.9 Å². The number of allylic oxidation sites excluding steroid dienone is 1. The van der Waals surface area contributed by atoms with Crippen molar-refractivity contribution in [3.63, 3.8) is 0 Å². The second-order valence-corrected chi connectivity index (χ2v) is 9.61. The first-order chi connectivity index (χ1) is 18.4. The molecule has 0 saturated carbocycles. The van der Waals surface area contributed by atoms with Crippen molar-refractivity contribution >= 4 is 35.0 Å². The first-order valence-electron chi connectivity index (χ1n) is 11.7. The van der Waals surface area contributed by atoms with Gasteiger partial charge in [0.2, 0.25) is 0 Å². The van der Waals surface area contributed by atoms with E-state index in [1.807, 2.05) is 30.3 Å². The fourth-order valence-corrected chi connectivity index (χ4v) is 5.38.